The van der Waals surface area contributed by atoms with E-state index in [0.717, 1.165) is 75.5 Å². The minimum absolute atomic E-state index is 0.0758. The topological polar surface area (TPSA) is 381 Å². The lowest BCUT2D eigenvalue weighted by Crippen LogP contribution is -2.44. The number of nitrogens with zero attached hydrogens (tertiary/aromatic N) is 7. The SMILES string of the molecule is C=CCC1(S(=O)(=O)n2ccc3c(C(=O)CCc4c(C)cc(C)[nH]c4=O)cc(-c4ccc(N5CCN(C)CC5)nc4)cc32)CC1.C=CCC1(S(=O)(=O)n2ccc3c(C(=O)CCc4c(C)cc(C)[nH]c4=O)cc(Br)cc32)CC1.C=CCC1(S(=O)(=O)n2ccc3c(C(=O)O)cc(Br)cc32)CC1.C=CCC1(S(=O)(=O)n2ccc3c(C(=O)OC)cc(Br)cc32)CC1.COC(=O)c1cc(Br)cc2[nH]ccc12. The Morgan fingerprint density at radius 1 is 0.444 bits per heavy atom. The number of H-pyrrole nitrogens is 3. The van der Waals surface area contributed by atoms with Crippen LogP contribution in [0.5, 0.6) is 0 Å². The highest BCUT2D eigenvalue weighted by Crippen LogP contribution is 2.53. The van der Waals surface area contributed by atoms with Gasteiger partial charge in [-0.15, -0.1) is 26.3 Å². The number of aromatic carboxylic acids is 1. The molecular formula is C99H102Br4N10O18S4. The molecule has 0 unspecified atom stereocenters. The molecule has 5 aliphatic rings. The molecule has 13 aromatic rings. The van der Waals surface area contributed by atoms with Crippen LogP contribution in [0, 0.1) is 27.7 Å². The number of nitrogens with one attached hydrogen (secondary N) is 3. The summed E-state index contributed by atoms with van der Waals surface area (Å²) < 4.78 is 120. The maximum absolute atomic E-state index is 13.9. The molecule has 5 aromatic carbocycles. The summed E-state index contributed by atoms with van der Waals surface area (Å²) in [6.07, 6.45) is 23.5. The van der Waals surface area contributed by atoms with Gasteiger partial charge in [0.25, 0.3) is 11.1 Å². The number of hydrogen-bond acceptors (Lipinski definition) is 20. The standard InChI is InChI=1S/C34H39N5O4S.C24H25BrN2O4S.C16H16BrNO4S.C15H14BrNO4S.C10H8BrNO2/c1-5-11-34(12-13-34)44(42,43)39-14-10-28-29(31(40)8-7-27-23(2)19-24(3)36-33(27)41)20-26(21-30(28)39)25-6-9-32(35-22-25)38-17-15-37(4)16-18-38;1-4-8-24(9-10-24)32(30,31)27-11-7-19-20(13-17(25)14-21(19)27)22(28)6-5-18-15(2)12-16(3)26-23(18)29;1-3-5-16(6-7-16)23(20,21)18-8-4-12-13(15(19)22-2)9-11(17)10-14(12)18;1-2-4-15(5-6-15)22(20,21)17-7-3-11-12(14(18)19)8-10(16)9-13(11)17;1-14-10(13)8-4-6(11)5-9-7(8)2-3-12-9/h5-6,9-10,14,19-22H,1,7-8,11-13,15-18H2,2-4H3,(H,36,41);4,7,11-14H,1,5-6,8-10H2,2-3H3,(H,26,29);3-4,8-10H,1,5-7H2,2H3;2-3,7-9H,1,4-6H2,(H,18,19);2-5,12H,1H3. The molecule has 0 atom stereocenters. The van der Waals surface area contributed by atoms with Crippen molar-refractivity contribution in [2.24, 2.45) is 0 Å². The molecule has 0 amide bonds. The minimum Gasteiger partial charge on any atom is -0.478 e. The van der Waals surface area contributed by atoms with Crippen molar-refractivity contribution in [2.45, 2.75) is 149 Å². The van der Waals surface area contributed by atoms with Crippen molar-refractivity contribution in [3.05, 3.63) is 303 Å². The molecule has 4 N–H and O–H groups in total. The van der Waals surface area contributed by atoms with E-state index in [0.29, 0.717) is 179 Å². The van der Waals surface area contributed by atoms with E-state index >= 15 is 0 Å². The van der Waals surface area contributed by atoms with Gasteiger partial charge < -0.3 is 39.3 Å². The zero-order valence-electron chi connectivity index (χ0n) is 75.4. The molecule has 8 aromatic heterocycles. The number of carbonyl (C=O) groups excluding carboxylic acids is 4. The molecule has 9 heterocycles. The molecule has 1 aliphatic heterocycles. The number of ether oxygens (including phenoxy) is 2. The molecule has 28 nitrogen and oxygen atoms in total. The third kappa shape index (κ3) is 19.9. The number of methoxy groups -OCH3 is 2. The highest BCUT2D eigenvalue weighted by molar-refractivity contribution is 9.11. The number of anilines is 1. The molecule has 1 saturated heterocycles. The van der Waals surface area contributed by atoms with Crippen LogP contribution in [0.2, 0.25) is 0 Å². The lowest BCUT2D eigenvalue weighted by Gasteiger charge is -2.33. The molecule has 0 radical (unpaired) electrons. The van der Waals surface area contributed by atoms with Crippen LogP contribution in [0.3, 0.4) is 0 Å². The predicted octanol–water partition coefficient (Wildman–Crippen LogP) is 19.3. The summed E-state index contributed by atoms with van der Waals surface area (Å²) in [7, 11) is -9.76. The Morgan fingerprint density at radius 2 is 0.793 bits per heavy atom. The van der Waals surface area contributed by atoms with Gasteiger partial charge in [0.2, 0.25) is 40.1 Å². The Hall–Kier alpha value is -11.0. The Morgan fingerprint density at radius 3 is 1.15 bits per heavy atom. The number of fused-ring (bicyclic) bond motifs is 5. The fourth-order valence-corrected chi connectivity index (χ4v) is 27.5. The number of aromatic amines is 3. The number of likely N-dealkylation sites (N-methyl/N-ethyl adjacent to an activating group) is 1. The lowest BCUT2D eigenvalue weighted by molar-refractivity contribution is 0.0594. The Kier molecular flexibility index (Phi) is 29.4. The zero-order valence-corrected chi connectivity index (χ0v) is 85.0. The van der Waals surface area contributed by atoms with Crippen molar-refractivity contribution < 1.29 is 72.2 Å². The van der Waals surface area contributed by atoms with E-state index in [-0.39, 0.29) is 53.5 Å². The largest absolute Gasteiger partial charge is 0.478 e. The fourth-order valence-electron chi connectivity index (χ4n) is 17.7. The molecule has 135 heavy (non-hydrogen) atoms. The van der Waals surface area contributed by atoms with Crippen molar-refractivity contribution in [1.82, 2.24) is 40.7 Å². The second-order valence-corrected chi connectivity index (χ2v) is 47.4. The average Bonchev–Trinajstić information content (AvgIpc) is 1.57. The quantitative estimate of drug-likeness (QED) is 0.0192. The number of carboxylic acid groups (broad SMARTS) is 1. The number of piperazine rings is 1. The van der Waals surface area contributed by atoms with Crippen LogP contribution in [0.1, 0.15) is 175 Å². The van der Waals surface area contributed by atoms with Gasteiger partial charge in [-0.05, 0) is 257 Å². The minimum atomic E-state index is -3.75. The van der Waals surface area contributed by atoms with E-state index in [1.54, 1.807) is 97.5 Å². The van der Waals surface area contributed by atoms with Gasteiger partial charge in [0.15, 0.2) is 11.6 Å². The van der Waals surface area contributed by atoms with Gasteiger partial charge in [0.05, 0.1) is 72.0 Å². The first kappa shape index (κ1) is 100.0. The number of halogens is 4. The normalized spacial score (nSPS) is 15.6. The molecule has 5 fully saturated rings. The number of carbonyl (C=O) groups is 5. The van der Waals surface area contributed by atoms with Crippen molar-refractivity contribution in [3.63, 3.8) is 0 Å². The van der Waals surface area contributed by atoms with E-state index in [9.17, 15) is 72.3 Å². The van der Waals surface area contributed by atoms with E-state index in [1.165, 1.54) is 60.8 Å². The van der Waals surface area contributed by atoms with Crippen LogP contribution >= 0.6 is 63.7 Å². The molecule has 4 saturated carbocycles. The maximum Gasteiger partial charge on any atom is 0.338 e. The van der Waals surface area contributed by atoms with Gasteiger partial charge in [-0.2, -0.15) is 0 Å². The van der Waals surface area contributed by atoms with Crippen LogP contribution in [0.4, 0.5) is 5.82 Å². The summed E-state index contributed by atoms with van der Waals surface area (Å²) in [6, 6.07) is 33.4. The third-order valence-electron chi connectivity index (χ3n) is 25.9. The molecule has 18 rings (SSSR count). The van der Waals surface area contributed by atoms with Crippen LogP contribution < -0.4 is 16.0 Å². The van der Waals surface area contributed by atoms with Crippen molar-refractivity contribution >= 4 is 194 Å². The zero-order chi connectivity index (χ0) is 97.6. The van der Waals surface area contributed by atoms with Gasteiger partial charge in [-0.3, -0.25) is 19.2 Å². The van der Waals surface area contributed by atoms with E-state index < -0.39 is 71.0 Å². The molecule has 0 spiro atoms. The number of esters is 2. The first-order valence-electron chi connectivity index (χ1n) is 43.6. The second kappa shape index (κ2) is 39.6. The summed E-state index contributed by atoms with van der Waals surface area (Å²) >= 11 is 13.3. The number of carboxylic acids is 1. The number of ketones is 2. The smallest absolute Gasteiger partial charge is 0.338 e. The molecule has 4 aliphatic carbocycles. The molecule has 36 heteroatoms. The van der Waals surface area contributed by atoms with E-state index in [4.69, 9.17) is 14.5 Å². The highest BCUT2D eigenvalue weighted by Gasteiger charge is 2.58. The summed E-state index contributed by atoms with van der Waals surface area (Å²) in [6.45, 7) is 25.9. The number of rotatable bonds is 29. The first-order chi connectivity index (χ1) is 64.0. The molecule has 708 valence electrons. The summed E-state index contributed by atoms with van der Waals surface area (Å²) in [5.41, 5.74) is 10.1. The van der Waals surface area contributed by atoms with Gasteiger partial charge in [0.1, 0.15) is 5.82 Å². The van der Waals surface area contributed by atoms with E-state index in [1.807, 2.05) is 76.2 Å². The van der Waals surface area contributed by atoms with Crippen LogP contribution in [0.25, 0.3) is 65.6 Å². The first-order valence-corrected chi connectivity index (χ1v) is 52.5. The summed E-state index contributed by atoms with van der Waals surface area (Å²) in [4.78, 5) is 105. The van der Waals surface area contributed by atoms with E-state index in [2.05, 4.69) is 122 Å². The number of aromatic nitrogens is 8. The second-order valence-electron chi connectivity index (χ2n) is 34.9. The van der Waals surface area contributed by atoms with Crippen LogP contribution in [-0.4, -0.2) is 175 Å². The molecule has 0 bridgehead atoms. The predicted molar refractivity (Wildman–Crippen MR) is 542 cm³/mol. The number of hydrogen-bond donors (Lipinski definition) is 4. The van der Waals surface area contributed by atoms with Crippen molar-refractivity contribution in [2.75, 3.05) is 52.3 Å². The molecular weight excluding hydrogens is 2070 g/mol. The van der Waals surface area contributed by atoms with Gasteiger partial charge in [-0.25, -0.2) is 68.9 Å². The Balaban J connectivity index is 0.000000142. The number of aryl methyl sites for hydroxylation is 4. The number of Topliss-reactive ketones (excluding diaryl/α,β-unsaturated/α-hetero) is 2. The Labute approximate surface area is 815 Å². The van der Waals surface area contributed by atoms with Crippen LogP contribution in [-0.2, 0) is 62.4 Å². The van der Waals surface area contributed by atoms with Gasteiger partial charge in [0, 0.05) is 166 Å². The average molecular weight is 2170 g/mol. The maximum atomic E-state index is 13.9. The van der Waals surface area contributed by atoms with Gasteiger partial charge in [-0.1, -0.05) is 88.0 Å². The number of pyridine rings is 3. The van der Waals surface area contributed by atoms with Gasteiger partial charge >= 0.3 is 17.9 Å². The lowest BCUT2D eigenvalue weighted by atomic mass is 9.95. The summed E-state index contributed by atoms with van der Waals surface area (Å²) in [5.74, 6) is -1.31. The monoisotopic (exact) mass is 2160 g/mol. The highest BCUT2D eigenvalue weighted by atomic mass is 79.9. The fraction of sp³-hybridized carbons (Fsp3) is 0.313. The van der Waals surface area contributed by atoms with Crippen molar-refractivity contribution in [1.29, 1.82) is 0 Å². The summed E-state index contributed by atoms with van der Waals surface area (Å²) in [5, 5.41) is 12.3. The van der Waals surface area contributed by atoms with Crippen LogP contribution in [0.15, 0.2) is 231 Å². The Bertz CT molecular complexity index is 7610. The van der Waals surface area contributed by atoms with Crippen molar-refractivity contribution in [3.8, 4) is 11.1 Å². The number of benzene rings is 5. The number of allylic oxidation sites excluding steroid dienone is 4. The third-order valence-corrected chi connectivity index (χ3v) is 37.7.